The Kier molecular flexibility index (Phi) is 8.57. The standard InChI is InChI=1S/C32H35FN2O5/c1-21(23-14-16-27(33)17-15-23)34(19-22-10-12-24(13-11-22)30(37)39-5)29(36)28-18-25-8-6-7-9-26(25)20-35(28)31(38)40-32(2,3)4/h6-17,21,28H,18-20H2,1-5H3. The van der Waals surface area contributed by atoms with Crippen molar-refractivity contribution in [2.45, 2.75) is 64.9 Å². The summed E-state index contributed by atoms with van der Waals surface area (Å²) in [6.45, 7) is 7.71. The topological polar surface area (TPSA) is 76.2 Å². The van der Waals surface area contributed by atoms with Gasteiger partial charge >= 0.3 is 12.1 Å². The number of carbonyl (C=O) groups is 3. The summed E-state index contributed by atoms with van der Waals surface area (Å²) in [6, 6.07) is 19.4. The average Bonchev–Trinajstić information content (AvgIpc) is 2.94. The van der Waals surface area contributed by atoms with E-state index in [1.54, 1.807) is 62.1 Å². The zero-order valence-electron chi connectivity index (χ0n) is 23.5. The van der Waals surface area contributed by atoms with Crippen molar-refractivity contribution in [1.29, 1.82) is 0 Å². The molecule has 0 radical (unpaired) electrons. The molecule has 0 bridgehead atoms. The summed E-state index contributed by atoms with van der Waals surface area (Å²) in [5, 5.41) is 0. The summed E-state index contributed by atoms with van der Waals surface area (Å²) in [4.78, 5) is 42.9. The molecular weight excluding hydrogens is 511 g/mol. The Morgan fingerprint density at radius 3 is 2.20 bits per heavy atom. The maximum atomic E-state index is 14.4. The van der Waals surface area contributed by atoms with E-state index in [1.165, 1.54) is 24.1 Å². The van der Waals surface area contributed by atoms with Crippen LogP contribution in [0.2, 0.25) is 0 Å². The molecule has 1 aliphatic heterocycles. The van der Waals surface area contributed by atoms with Gasteiger partial charge in [-0.25, -0.2) is 14.0 Å². The van der Waals surface area contributed by atoms with E-state index in [0.717, 1.165) is 22.3 Å². The molecule has 0 fully saturated rings. The van der Waals surface area contributed by atoms with Crippen molar-refractivity contribution in [1.82, 2.24) is 9.80 Å². The number of rotatable bonds is 6. The first-order valence-corrected chi connectivity index (χ1v) is 13.3. The molecule has 0 N–H and O–H groups in total. The highest BCUT2D eigenvalue weighted by Crippen LogP contribution is 2.30. The van der Waals surface area contributed by atoms with Gasteiger partial charge in [0.2, 0.25) is 5.91 Å². The Hall–Kier alpha value is -4.20. The first-order chi connectivity index (χ1) is 19.0. The van der Waals surface area contributed by atoms with Crippen molar-refractivity contribution >= 4 is 18.0 Å². The van der Waals surface area contributed by atoms with Crippen LogP contribution in [-0.2, 0) is 33.8 Å². The van der Waals surface area contributed by atoms with E-state index in [1.807, 2.05) is 31.2 Å². The quantitative estimate of drug-likeness (QED) is 0.351. The highest BCUT2D eigenvalue weighted by atomic mass is 19.1. The molecule has 210 valence electrons. The zero-order valence-corrected chi connectivity index (χ0v) is 23.5. The predicted octanol–water partition coefficient (Wildman–Crippen LogP) is 6.06. The van der Waals surface area contributed by atoms with Gasteiger partial charge in [0.1, 0.15) is 17.5 Å². The van der Waals surface area contributed by atoms with Gasteiger partial charge in [-0.2, -0.15) is 0 Å². The van der Waals surface area contributed by atoms with Crippen LogP contribution in [0.15, 0.2) is 72.8 Å². The monoisotopic (exact) mass is 546 g/mol. The minimum Gasteiger partial charge on any atom is -0.465 e. The number of amides is 2. The number of hydrogen-bond donors (Lipinski definition) is 0. The van der Waals surface area contributed by atoms with Gasteiger partial charge in [0.05, 0.1) is 25.3 Å². The number of methoxy groups -OCH3 is 1. The molecule has 2 atom stereocenters. The fraction of sp³-hybridized carbons (Fsp3) is 0.344. The van der Waals surface area contributed by atoms with E-state index in [0.29, 0.717) is 12.0 Å². The summed E-state index contributed by atoms with van der Waals surface area (Å²) in [5.41, 5.74) is 3.17. The van der Waals surface area contributed by atoms with Crippen molar-refractivity contribution in [2.24, 2.45) is 0 Å². The molecule has 3 aromatic rings. The highest BCUT2D eigenvalue weighted by molar-refractivity contribution is 5.89. The van der Waals surface area contributed by atoms with Gasteiger partial charge in [0, 0.05) is 13.0 Å². The maximum absolute atomic E-state index is 14.4. The lowest BCUT2D eigenvalue weighted by molar-refractivity contribution is -0.140. The van der Waals surface area contributed by atoms with Crippen molar-refractivity contribution in [3.8, 4) is 0 Å². The van der Waals surface area contributed by atoms with Crippen LogP contribution in [0, 0.1) is 5.82 Å². The maximum Gasteiger partial charge on any atom is 0.411 e. The van der Waals surface area contributed by atoms with Crippen LogP contribution >= 0.6 is 0 Å². The SMILES string of the molecule is COC(=O)c1ccc(CN(C(=O)C2Cc3ccccc3CN2C(=O)OC(C)(C)C)C(C)c2ccc(F)cc2)cc1. The van der Waals surface area contributed by atoms with Gasteiger partial charge in [-0.1, -0.05) is 48.5 Å². The summed E-state index contributed by atoms with van der Waals surface area (Å²) < 4.78 is 24.2. The molecule has 1 aliphatic rings. The van der Waals surface area contributed by atoms with Crippen LogP contribution in [0.4, 0.5) is 9.18 Å². The minimum atomic E-state index is -0.804. The van der Waals surface area contributed by atoms with Crippen LogP contribution in [0.25, 0.3) is 0 Å². The van der Waals surface area contributed by atoms with E-state index in [4.69, 9.17) is 9.47 Å². The second-order valence-electron chi connectivity index (χ2n) is 11.0. The third kappa shape index (κ3) is 6.68. The summed E-state index contributed by atoms with van der Waals surface area (Å²) in [5.74, 6) is -1.07. The lowest BCUT2D eigenvalue weighted by Gasteiger charge is -2.40. The Morgan fingerprint density at radius 1 is 0.975 bits per heavy atom. The first-order valence-electron chi connectivity index (χ1n) is 13.3. The molecule has 2 amide bonds. The van der Waals surface area contributed by atoms with E-state index in [9.17, 15) is 18.8 Å². The number of benzene rings is 3. The lowest BCUT2D eigenvalue weighted by Crippen LogP contribution is -2.54. The molecule has 40 heavy (non-hydrogen) atoms. The predicted molar refractivity (Wildman–Crippen MR) is 149 cm³/mol. The number of halogens is 1. The summed E-state index contributed by atoms with van der Waals surface area (Å²) in [7, 11) is 1.32. The van der Waals surface area contributed by atoms with Crippen LogP contribution in [-0.4, -0.2) is 46.5 Å². The Bertz CT molecular complexity index is 1370. The number of hydrogen-bond acceptors (Lipinski definition) is 5. The van der Waals surface area contributed by atoms with Crippen molar-refractivity contribution in [3.63, 3.8) is 0 Å². The molecule has 2 unspecified atom stereocenters. The van der Waals surface area contributed by atoms with Crippen LogP contribution < -0.4 is 0 Å². The molecule has 0 spiro atoms. The van der Waals surface area contributed by atoms with Gasteiger partial charge in [-0.15, -0.1) is 0 Å². The van der Waals surface area contributed by atoms with Crippen LogP contribution in [0.3, 0.4) is 0 Å². The normalized spacial score (nSPS) is 15.6. The molecule has 7 nitrogen and oxygen atoms in total. The molecule has 3 aromatic carbocycles. The van der Waals surface area contributed by atoms with Gasteiger partial charge < -0.3 is 14.4 Å². The highest BCUT2D eigenvalue weighted by Gasteiger charge is 2.40. The number of esters is 1. The van der Waals surface area contributed by atoms with Crippen molar-refractivity contribution in [2.75, 3.05) is 7.11 Å². The molecule has 1 heterocycles. The minimum absolute atomic E-state index is 0.207. The van der Waals surface area contributed by atoms with Crippen molar-refractivity contribution < 1.29 is 28.2 Å². The Labute approximate surface area is 234 Å². The summed E-state index contributed by atoms with van der Waals surface area (Å²) in [6.07, 6.45) is -0.223. The van der Waals surface area contributed by atoms with E-state index in [-0.39, 0.29) is 24.8 Å². The zero-order chi connectivity index (χ0) is 29.0. The average molecular weight is 547 g/mol. The molecule has 0 aromatic heterocycles. The van der Waals surface area contributed by atoms with Crippen molar-refractivity contribution in [3.05, 3.63) is 106 Å². The van der Waals surface area contributed by atoms with E-state index >= 15 is 0 Å². The number of carbonyl (C=O) groups excluding carboxylic acids is 3. The number of nitrogens with zero attached hydrogens (tertiary/aromatic N) is 2. The number of fused-ring (bicyclic) bond motifs is 1. The molecule has 4 rings (SSSR count). The summed E-state index contributed by atoms with van der Waals surface area (Å²) >= 11 is 0. The van der Waals surface area contributed by atoms with Gasteiger partial charge in [-0.05, 0) is 74.2 Å². The van der Waals surface area contributed by atoms with Crippen LogP contribution in [0.5, 0.6) is 0 Å². The smallest absolute Gasteiger partial charge is 0.411 e. The largest absolute Gasteiger partial charge is 0.465 e. The fourth-order valence-corrected chi connectivity index (χ4v) is 4.84. The third-order valence-corrected chi connectivity index (χ3v) is 6.99. The third-order valence-electron chi connectivity index (χ3n) is 6.99. The Balaban J connectivity index is 1.71. The molecular formula is C32H35FN2O5. The van der Waals surface area contributed by atoms with Crippen LogP contribution in [0.1, 0.15) is 66.3 Å². The Morgan fingerprint density at radius 2 is 1.60 bits per heavy atom. The molecule has 8 heteroatoms. The van der Waals surface area contributed by atoms with Gasteiger partial charge in [-0.3, -0.25) is 9.69 Å². The second-order valence-corrected chi connectivity index (χ2v) is 11.0. The van der Waals surface area contributed by atoms with Gasteiger partial charge in [0.25, 0.3) is 0 Å². The molecule has 0 saturated heterocycles. The van der Waals surface area contributed by atoms with Gasteiger partial charge in [0.15, 0.2) is 0 Å². The second kappa shape index (κ2) is 11.9. The van der Waals surface area contributed by atoms with E-state index < -0.39 is 29.7 Å². The lowest BCUT2D eigenvalue weighted by atomic mass is 9.92. The number of ether oxygens (including phenoxy) is 2. The van der Waals surface area contributed by atoms with E-state index in [2.05, 4.69) is 0 Å². The fourth-order valence-electron chi connectivity index (χ4n) is 4.84. The molecule has 0 saturated carbocycles. The first kappa shape index (κ1) is 28.8. The molecule has 0 aliphatic carbocycles.